The minimum absolute atomic E-state index is 0.337. The molecule has 0 heterocycles. The number of benzene rings is 1. The van der Waals surface area contributed by atoms with E-state index < -0.39 is 0 Å². The fourth-order valence-corrected chi connectivity index (χ4v) is 1.53. The smallest absolute Gasteiger partial charge is 0.153 e. The molecule has 0 aliphatic heterocycles. The van der Waals surface area contributed by atoms with Gasteiger partial charge in [0, 0.05) is 4.48 Å². The van der Waals surface area contributed by atoms with Crippen molar-refractivity contribution < 1.29 is 9.53 Å². The molecule has 1 aromatic rings. The molecule has 0 aliphatic rings. The highest BCUT2D eigenvalue weighted by Gasteiger charge is 2.06. The Kier molecular flexibility index (Phi) is 4.35. The Hall–Kier alpha value is -0.610. The lowest BCUT2D eigenvalue weighted by Crippen LogP contribution is -1.99. The standard InChI is InChI=1S/C10H8Br2O2/c1-7(11)6-14-10-8(5-13)3-2-4-9(10)12/h2-5H,1,6H2. The Bertz CT molecular complexity index is 361. The number of aldehydes is 1. The average molecular weight is 320 g/mol. The number of carbonyl (C=O) groups excluding carboxylic acids is 1. The van der Waals surface area contributed by atoms with E-state index in [1.165, 1.54) is 0 Å². The first-order chi connectivity index (χ1) is 6.65. The molecule has 2 nitrogen and oxygen atoms in total. The molecule has 1 rings (SSSR count). The van der Waals surface area contributed by atoms with Crippen LogP contribution >= 0.6 is 31.9 Å². The highest BCUT2D eigenvalue weighted by Crippen LogP contribution is 2.28. The Balaban J connectivity index is 2.93. The van der Waals surface area contributed by atoms with Gasteiger partial charge in [-0.1, -0.05) is 28.6 Å². The molecule has 0 spiro atoms. The van der Waals surface area contributed by atoms with Crippen LogP contribution < -0.4 is 4.74 Å². The molecule has 0 fully saturated rings. The van der Waals surface area contributed by atoms with Crippen molar-refractivity contribution in [1.29, 1.82) is 0 Å². The number of ether oxygens (including phenoxy) is 1. The zero-order chi connectivity index (χ0) is 10.6. The van der Waals surface area contributed by atoms with Gasteiger partial charge in [-0.2, -0.15) is 0 Å². The van der Waals surface area contributed by atoms with Gasteiger partial charge < -0.3 is 4.74 Å². The summed E-state index contributed by atoms with van der Waals surface area (Å²) in [6.07, 6.45) is 0.761. The Morgan fingerprint density at radius 2 is 2.29 bits per heavy atom. The van der Waals surface area contributed by atoms with Crippen molar-refractivity contribution in [1.82, 2.24) is 0 Å². The minimum Gasteiger partial charge on any atom is -0.486 e. The first-order valence-electron chi connectivity index (χ1n) is 3.85. The lowest BCUT2D eigenvalue weighted by Gasteiger charge is -2.09. The highest BCUT2D eigenvalue weighted by atomic mass is 79.9. The molecule has 4 heteroatoms. The van der Waals surface area contributed by atoms with E-state index >= 15 is 0 Å². The van der Waals surface area contributed by atoms with E-state index in [0.29, 0.717) is 17.9 Å². The van der Waals surface area contributed by atoms with Crippen LogP contribution in [-0.2, 0) is 0 Å². The monoisotopic (exact) mass is 318 g/mol. The number of rotatable bonds is 4. The van der Waals surface area contributed by atoms with Crippen molar-refractivity contribution in [2.75, 3.05) is 6.61 Å². The predicted molar refractivity (Wildman–Crippen MR) is 63.1 cm³/mol. The largest absolute Gasteiger partial charge is 0.486 e. The summed E-state index contributed by atoms with van der Waals surface area (Å²) in [5.41, 5.74) is 0.521. The van der Waals surface area contributed by atoms with Crippen LogP contribution in [0.25, 0.3) is 0 Å². The fourth-order valence-electron chi connectivity index (χ4n) is 0.921. The summed E-state index contributed by atoms with van der Waals surface area (Å²) in [4.78, 5) is 10.7. The number of hydrogen-bond acceptors (Lipinski definition) is 2. The second-order valence-electron chi connectivity index (χ2n) is 2.58. The van der Waals surface area contributed by atoms with Crippen molar-refractivity contribution in [3.8, 4) is 5.75 Å². The average Bonchev–Trinajstić information content (AvgIpc) is 2.15. The summed E-state index contributed by atoms with van der Waals surface area (Å²) in [7, 11) is 0. The van der Waals surface area contributed by atoms with Crippen LogP contribution in [0.4, 0.5) is 0 Å². The highest BCUT2D eigenvalue weighted by molar-refractivity contribution is 9.11. The fraction of sp³-hybridized carbons (Fsp3) is 0.100. The van der Waals surface area contributed by atoms with Crippen LogP contribution in [0.5, 0.6) is 5.75 Å². The number of para-hydroxylation sites is 1. The molecule has 0 unspecified atom stereocenters. The maximum Gasteiger partial charge on any atom is 0.153 e. The summed E-state index contributed by atoms with van der Waals surface area (Å²) in [5.74, 6) is 0.545. The molecule has 0 radical (unpaired) electrons. The summed E-state index contributed by atoms with van der Waals surface area (Å²) in [5, 5.41) is 0. The van der Waals surface area contributed by atoms with Crippen molar-refractivity contribution in [3.63, 3.8) is 0 Å². The molecule has 0 amide bonds. The maximum atomic E-state index is 10.7. The number of carbonyl (C=O) groups is 1. The van der Waals surface area contributed by atoms with Crippen molar-refractivity contribution in [2.45, 2.75) is 0 Å². The van der Waals surface area contributed by atoms with Crippen molar-refractivity contribution in [2.24, 2.45) is 0 Å². The molecule has 0 saturated heterocycles. The van der Waals surface area contributed by atoms with Gasteiger partial charge in [-0.05, 0) is 28.1 Å². The molecular weight excluding hydrogens is 312 g/mol. The van der Waals surface area contributed by atoms with Crippen LogP contribution in [0.3, 0.4) is 0 Å². The first-order valence-corrected chi connectivity index (χ1v) is 5.43. The molecule has 0 bridgehead atoms. The van der Waals surface area contributed by atoms with E-state index in [4.69, 9.17) is 4.74 Å². The van der Waals surface area contributed by atoms with E-state index in [2.05, 4.69) is 38.4 Å². The van der Waals surface area contributed by atoms with Crippen LogP contribution in [-0.4, -0.2) is 12.9 Å². The lowest BCUT2D eigenvalue weighted by atomic mass is 10.2. The van der Waals surface area contributed by atoms with Crippen molar-refractivity contribution >= 4 is 38.1 Å². The Labute approximate surface area is 99.2 Å². The van der Waals surface area contributed by atoms with E-state index in [1.807, 2.05) is 6.07 Å². The van der Waals surface area contributed by atoms with Gasteiger partial charge in [-0.15, -0.1) is 0 Å². The third kappa shape index (κ3) is 2.96. The summed E-state index contributed by atoms with van der Waals surface area (Å²) in [6.45, 7) is 3.98. The second-order valence-corrected chi connectivity index (χ2v) is 4.56. The second kappa shape index (κ2) is 5.32. The topological polar surface area (TPSA) is 26.3 Å². The Morgan fingerprint density at radius 3 is 2.86 bits per heavy atom. The van der Waals surface area contributed by atoms with Gasteiger partial charge in [-0.3, -0.25) is 4.79 Å². The Morgan fingerprint density at radius 1 is 1.57 bits per heavy atom. The third-order valence-corrected chi connectivity index (χ3v) is 2.35. The molecule has 0 aromatic heterocycles. The van der Waals surface area contributed by atoms with E-state index in [0.717, 1.165) is 15.2 Å². The predicted octanol–water partition coefficient (Wildman–Crippen LogP) is 3.55. The molecule has 0 atom stereocenters. The van der Waals surface area contributed by atoms with Crippen LogP contribution in [0.1, 0.15) is 10.4 Å². The summed E-state index contributed by atoms with van der Waals surface area (Å²) >= 11 is 6.49. The van der Waals surface area contributed by atoms with Gasteiger partial charge in [0.05, 0.1) is 10.0 Å². The van der Waals surface area contributed by atoms with Crippen LogP contribution in [0.2, 0.25) is 0 Å². The van der Waals surface area contributed by atoms with Crippen molar-refractivity contribution in [3.05, 3.63) is 39.3 Å². The molecule has 74 valence electrons. The molecule has 0 aliphatic carbocycles. The van der Waals surface area contributed by atoms with Gasteiger partial charge in [-0.25, -0.2) is 0 Å². The van der Waals surface area contributed by atoms with Gasteiger partial charge in [0.1, 0.15) is 12.4 Å². The number of hydrogen-bond donors (Lipinski definition) is 0. The van der Waals surface area contributed by atoms with Gasteiger partial charge >= 0.3 is 0 Å². The SMILES string of the molecule is C=C(Br)COc1c(Br)cccc1C=O. The van der Waals surface area contributed by atoms with Gasteiger partial charge in [0.25, 0.3) is 0 Å². The van der Waals surface area contributed by atoms with E-state index in [-0.39, 0.29) is 0 Å². The molecule has 1 aromatic carbocycles. The zero-order valence-electron chi connectivity index (χ0n) is 7.30. The zero-order valence-corrected chi connectivity index (χ0v) is 10.5. The molecule has 0 N–H and O–H groups in total. The number of halogens is 2. The minimum atomic E-state index is 0.337. The molecule has 14 heavy (non-hydrogen) atoms. The first kappa shape index (κ1) is 11.5. The maximum absolute atomic E-state index is 10.7. The van der Waals surface area contributed by atoms with E-state index in [1.54, 1.807) is 12.1 Å². The summed E-state index contributed by atoms with van der Waals surface area (Å²) in [6, 6.07) is 5.30. The lowest BCUT2D eigenvalue weighted by molar-refractivity contribution is 0.112. The van der Waals surface area contributed by atoms with E-state index in [9.17, 15) is 4.79 Å². The molecule has 0 saturated carbocycles. The van der Waals surface area contributed by atoms with Gasteiger partial charge in [0.15, 0.2) is 6.29 Å². The van der Waals surface area contributed by atoms with Gasteiger partial charge in [0.2, 0.25) is 0 Å². The molecular formula is C10H8Br2O2. The van der Waals surface area contributed by atoms with Crippen LogP contribution in [0.15, 0.2) is 33.7 Å². The van der Waals surface area contributed by atoms with Crippen LogP contribution in [0, 0.1) is 0 Å². The third-order valence-electron chi connectivity index (χ3n) is 1.50. The quantitative estimate of drug-likeness (QED) is 0.793. The summed E-state index contributed by atoms with van der Waals surface area (Å²) < 4.78 is 6.88. The normalized spacial score (nSPS) is 9.57.